The molecule has 0 saturated heterocycles. The van der Waals surface area contributed by atoms with Gasteiger partial charge in [-0.15, -0.1) is 0 Å². The number of ether oxygens (including phenoxy) is 1. The van der Waals surface area contributed by atoms with Gasteiger partial charge in [-0.3, -0.25) is 4.79 Å². The van der Waals surface area contributed by atoms with Crippen LogP contribution >= 0.6 is 0 Å². The third kappa shape index (κ3) is 5.41. The van der Waals surface area contributed by atoms with E-state index in [0.29, 0.717) is 23.5 Å². The van der Waals surface area contributed by atoms with E-state index in [1.165, 1.54) is 30.6 Å². The van der Waals surface area contributed by atoms with Gasteiger partial charge in [0.1, 0.15) is 5.82 Å². The van der Waals surface area contributed by atoms with Crippen molar-refractivity contribution in [3.8, 4) is 0 Å². The molecule has 0 aliphatic rings. The molecule has 6 nitrogen and oxygen atoms in total. The number of hydrogen-bond acceptors (Lipinski definition) is 5. The lowest BCUT2D eigenvalue weighted by Gasteiger charge is -2.24. The minimum atomic E-state index is -4.61. The Hall–Kier alpha value is -2.68. The highest BCUT2D eigenvalue weighted by molar-refractivity contribution is 5.69. The average molecular weight is 397 g/mol. The van der Waals surface area contributed by atoms with Crippen molar-refractivity contribution in [3.05, 3.63) is 47.5 Å². The molecular weight excluding hydrogens is 375 g/mol. The molecule has 152 valence electrons. The Kier molecular flexibility index (Phi) is 6.95. The smallest absolute Gasteiger partial charge is 0.418 e. The van der Waals surface area contributed by atoms with Gasteiger partial charge in [-0.1, -0.05) is 19.1 Å². The molecule has 0 bridgehead atoms. The molecule has 1 heterocycles. The van der Waals surface area contributed by atoms with Crippen molar-refractivity contribution in [1.82, 2.24) is 9.97 Å². The zero-order valence-corrected chi connectivity index (χ0v) is 15.7. The number of halogens is 3. The van der Waals surface area contributed by atoms with Crippen molar-refractivity contribution in [2.45, 2.75) is 44.9 Å². The van der Waals surface area contributed by atoms with Crippen molar-refractivity contribution >= 4 is 17.3 Å². The number of anilines is 2. The zero-order valence-electron chi connectivity index (χ0n) is 15.7. The first-order valence-electron chi connectivity index (χ1n) is 8.66. The molecule has 0 fully saturated rings. The highest BCUT2D eigenvalue weighted by Gasteiger charge is 2.42. The monoisotopic (exact) mass is 397 g/mol. The molecule has 0 saturated carbocycles. The summed E-state index contributed by atoms with van der Waals surface area (Å²) in [6.45, 7) is 3.52. The SMILES string of the molecule is CCC(CC(=O)O)c1ccc([C@@H](OC)C(F)(F)F)c(Nc2cnc(C)nc2)c1. The topological polar surface area (TPSA) is 84.3 Å². The summed E-state index contributed by atoms with van der Waals surface area (Å²) in [5, 5.41) is 12.0. The van der Waals surface area contributed by atoms with Gasteiger partial charge in [0.05, 0.1) is 24.5 Å². The molecule has 2 atom stereocenters. The number of aliphatic carboxylic acids is 1. The first kappa shape index (κ1) is 21.6. The van der Waals surface area contributed by atoms with Crippen LogP contribution in [0.4, 0.5) is 24.5 Å². The molecule has 0 aliphatic heterocycles. The number of benzene rings is 1. The van der Waals surface area contributed by atoms with Gasteiger partial charge in [0.2, 0.25) is 0 Å². The second-order valence-corrected chi connectivity index (χ2v) is 6.35. The lowest BCUT2D eigenvalue weighted by Crippen LogP contribution is -2.23. The standard InChI is InChI=1S/C19H22F3N3O3/c1-4-12(8-17(26)27)13-5-6-15(18(28-3)19(20,21)22)16(7-13)25-14-9-23-11(2)24-10-14/h5-7,9-10,12,18,25H,4,8H2,1-3H3,(H,26,27)/t12?,18-/m1/s1. The summed E-state index contributed by atoms with van der Waals surface area (Å²) in [4.78, 5) is 19.2. The number of carboxylic acids is 1. The Balaban J connectivity index is 2.51. The maximum atomic E-state index is 13.4. The van der Waals surface area contributed by atoms with Gasteiger partial charge in [-0.2, -0.15) is 13.2 Å². The molecule has 9 heteroatoms. The maximum Gasteiger partial charge on any atom is 0.418 e. The molecule has 1 aromatic carbocycles. The van der Waals surface area contributed by atoms with Crippen molar-refractivity contribution in [3.63, 3.8) is 0 Å². The minimum Gasteiger partial charge on any atom is -0.481 e. The van der Waals surface area contributed by atoms with Crippen LogP contribution in [0.2, 0.25) is 0 Å². The fourth-order valence-electron chi connectivity index (χ4n) is 2.92. The molecule has 2 rings (SSSR count). The van der Waals surface area contributed by atoms with Crippen LogP contribution in [0.5, 0.6) is 0 Å². The van der Waals surface area contributed by atoms with Crippen LogP contribution in [0.3, 0.4) is 0 Å². The third-order valence-electron chi connectivity index (χ3n) is 4.34. The van der Waals surface area contributed by atoms with E-state index in [9.17, 15) is 18.0 Å². The summed E-state index contributed by atoms with van der Waals surface area (Å²) in [5.41, 5.74) is 1.09. The third-order valence-corrected chi connectivity index (χ3v) is 4.34. The maximum absolute atomic E-state index is 13.4. The van der Waals surface area contributed by atoms with Crippen LogP contribution in [0, 0.1) is 6.92 Å². The van der Waals surface area contributed by atoms with E-state index < -0.39 is 18.2 Å². The molecular formula is C19H22F3N3O3. The van der Waals surface area contributed by atoms with Crippen LogP contribution in [0.1, 0.15) is 48.7 Å². The highest BCUT2D eigenvalue weighted by atomic mass is 19.4. The largest absolute Gasteiger partial charge is 0.481 e. The number of rotatable bonds is 8. The fourth-order valence-corrected chi connectivity index (χ4v) is 2.92. The molecule has 0 aliphatic carbocycles. The van der Waals surface area contributed by atoms with Crippen LogP contribution < -0.4 is 5.32 Å². The summed E-state index contributed by atoms with van der Waals surface area (Å²) in [7, 11) is 0.990. The molecule has 0 spiro atoms. The van der Waals surface area contributed by atoms with E-state index in [2.05, 4.69) is 15.3 Å². The quantitative estimate of drug-likeness (QED) is 0.669. The Labute approximate surface area is 160 Å². The van der Waals surface area contributed by atoms with Crippen LogP contribution in [0.25, 0.3) is 0 Å². The first-order valence-corrected chi connectivity index (χ1v) is 8.66. The molecule has 1 aromatic heterocycles. The van der Waals surface area contributed by atoms with E-state index >= 15 is 0 Å². The molecule has 2 aromatic rings. The molecule has 0 radical (unpaired) electrons. The molecule has 28 heavy (non-hydrogen) atoms. The van der Waals surface area contributed by atoms with Gasteiger partial charge in [0.15, 0.2) is 6.10 Å². The second-order valence-electron chi connectivity index (χ2n) is 6.35. The Morgan fingerprint density at radius 1 is 1.29 bits per heavy atom. The van der Waals surface area contributed by atoms with Gasteiger partial charge < -0.3 is 15.2 Å². The molecule has 2 N–H and O–H groups in total. The zero-order chi connectivity index (χ0) is 20.9. The predicted molar refractivity (Wildman–Crippen MR) is 97.6 cm³/mol. The van der Waals surface area contributed by atoms with E-state index in [4.69, 9.17) is 9.84 Å². The van der Waals surface area contributed by atoms with Crippen molar-refractivity contribution in [1.29, 1.82) is 0 Å². The van der Waals surface area contributed by atoms with E-state index in [1.54, 1.807) is 6.92 Å². The highest BCUT2D eigenvalue weighted by Crippen LogP contribution is 2.41. The number of carboxylic acid groups (broad SMARTS) is 1. The number of alkyl halides is 3. The normalized spacial score (nSPS) is 13.8. The first-order chi connectivity index (χ1) is 13.2. The summed E-state index contributed by atoms with van der Waals surface area (Å²) in [6.07, 6.45) is -3.40. The summed E-state index contributed by atoms with van der Waals surface area (Å²) < 4.78 is 45.0. The lowest BCUT2D eigenvalue weighted by molar-refractivity contribution is -0.215. The second kappa shape index (κ2) is 9.01. The minimum absolute atomic E-state index is 0.107. The summed E-state index contributed by atoms with van der Waals surface area (Å²) >= 11 is 0. The van der Waals surface area contributed by atoms with Gasteiger partial charge in [-0.25, -0.2) is 9.97 Å². The number of aryl methyl sites for hydroxylation is 1. The Morgan fingerprint density at radius 3 is 2.43 bits per heavy atom. The van der Waals surface area contributed by atoms with Gasteiger partial charge in [-0.05, 0) is 30.9 Å². The van der Waals surface area contributed by atoms with Crippen molar-refractivity contribution < 1.29 is 27.8 Å². The molecule has 0 amide bonds. The van der Waals surface area contributed by atoms with Crippen molar-refractivity contribution in [2.24, 2.45) is 0 Å². The Bertz CT molecular complexity index is 810. The number of methoxy groups -OCH3 is 1. The fraction of sp³-hybridized carbons (Fsp3) is 0.421. The van der Waals surface area contributed by atoms with Crippen LogP contribution in [-0.2, 0) is 9.53 Å². The van der Waals surface area contributed by atoms with E-state index in [1.807, 2.05) is 6.92 Å². The van der Waals surface area contributed by atoms with Gasteiger partial charge in [0, 0.05) is 18.4 Å². The number of hydrogen-bond donors (Lipinski definition) is 2. The van der Waals surface area contributed by atoms with E-state index in [-0.39, 0.29) is 23.6 Å². The number of nitrogens with one attached hydrogen (secondary N) is 1. The summed E-state index contributed by atoms with van der Waals surface area (Å²) in [5.74, 6) is -0.771. The van der Waals surface area contributed by atoms with Gasteiger partial charge >= 0.3 is 12.1 Å². The lowest BCUT2D eigenvalue weighted by atomic mass is 9.91. The van der Waals surface area contributed by atoms with E-state index in [0.717, 1.165) is 7.11 Å². The summed E-state index contributed by atoms with van der Waals surface area (Å²) in [6, 6.07) is 4.37. The predicted octanol–water partition coefficient (Wildman–Crippen LogP) is 4.75. The number of aromatic nitrogens is 2. The number of nitrogens with zero attached hydrogens (tertiary/aromatic N) is 2. The van der Waals surface area contributed by atoms with Crippen LogP contribution in [-0.4, -0.2) is 34.3 Å². The number of carbonyl (C=O) groups is 1. The van der Waals surface area contributed by atoms with Gasteiger partial charge in [0.25, 0.3) is 0 Å². The van der Waals surface area contributed by atoms with Crippen molar-refractivity contribution in [2.75, 3.05) is 12.4 Å². The van der Waals surface area contributed by atoms with Crippen LogP contribution in [0.15, 0.2) is 30.6 Å². The Morgan fingerprint density at radius 2 is 1.93 bits per heavy atom. The average Bonchev–Trinajstić information content (AvgIpc) is 2.62. The molecule has 1 unspecified atom stereocenters.